The summed E-state index contributed by atoms with van der Waals surface area (Å²) in [7, 11) is 0. The van der Waals surface area contributed by atoms with Crippen LogP contribution in [0, 0.1) is 5.82 Å². The van der Waals surface area contributed by atoms with Crippen LogP contribution < -0.4 is 21.1 Å². The van der Waals surface area contributed by atoms with Gasteiger partial charge in [-0.2, -0.15) is 0 Å². The van der Waals surface area contributed by atoms with Gasteiger partial charge in [0.25, 0.3) is 5.56 Å². The molecule has 1 aromatic heterocycles. The molecule has 3 aromatic rings. The number of cyclic esters (lactones) is 1. The Kier molecular flexibility index (Phi) is 5.49. The van der Waals surface area contributed by atoms with E-state index >= 15 is 0 Å². The lowest BCUT2D eigenvalue weighted by molar-refractivity contribution is -0.113. The Morgan fingerprint density at radius 2 is 1.97 bits per heavy atom. The number of ether oxygens (including phenoxy) is 1. The van der Waals surface area contributed by atoms with Crippen molar-refractivity contribution in [3.05, 3.63) is 64.2 Å². The first-order valence-electron chi connectivity index (χ1n) is 11.6. The molecule has 0 spiro atoms. The fourth-order valence-corrected chi connectivity index (χ4v) is 5.85. The Hall–Kier alpha value is -3.37. The molecule has 3 aliphatic rings. The van der Waals surface area contributed by atoms with Gasteiger partial charge < -0.3 is 19.9 Å². The number of aromatic nitrogens is 1. The van der Waals surface area contributed by atoms with Crippen LogP contribution >= 0.6 is 11.8 Å². The molecule has 3 aliphatic heterocycles. The van der Waals surface area contributed by atoms with Crippen molar-refractivity contribution >= 4 is 46.0 Å². The van der Waals surface area contributed by atoms with Crippen LogP contribution in [-0.2, 0) is 22.5 Å². The molecular weight excluding hydrogens is 471 g/mol. The van der Waals surface area contributed by atoms with Gasteiger partial charge in [-0.25, -0.2) is 9.18 Å². The van der Waals surface area contributed by atoms with Gasteiger partial charge >= 0.3 is 6.09 Å². The number of nitrogens with one attached hydrogen (secondary N) is 2. The summed E-state index contributed by atoms with van der Waals surface area (Å²) < 4.78 is 21.8. The largest absolute Gasteiger partial charge is 0.444 e. The van der Waals surface area contributed by atoms with Crippen LogP contribution in [0.25, 0.3) is 10.9 Å². The third kappa shape index (κ3) is 4.06. The second-order valence-corrected chi connectivity index (χ2v) is 10.0. The fourth-order valence-electron chi connectivity index (χ4n) is 5.06. The summed E-state index contributed by atoms with van der Waals surface area (Å²) in [5.41, 5.74) is 2.47. The zero-order valence-corrected chi connectivity index (χ0v) is 19.6. The number of thioether (sulfide) groups is 1. The minimum atomic E-state index is -0.420. The van der Waals surface area contributed by atoms with E-state index in [0.717, 1.165) is 10.3 Å². The number of carbonyl (C=O) groups excluding carboxylic acids is 2. The van der Waals surface area contributed by atoms with Gasteiger partial charge in [0, 0.05) is 34.8 Å². The first-order valence-corrected chi connectivity index (χ1v) is 12.5. The molecule has 1 fully saturated rings. The van der Waals surface area contributed by atoms with Crippen molar-refractivity contribution in [3.8, 4) is 0 Å². The number of fused-ring (bicyclic) bond motifs is 1. The van der Waals surface area contributed by atoms with Gasteiger partial charge in [-0.3, -0.25) is 14.5 Å². The summed E-state index contributed by atoms with van der Waals surface area (Å²) in [5, 5.41) is 7.12. The van der Waals surface area contributed by atoms with Crippen molar-refractivity contribution in [2.75, 3.05) is 29.1 Å². The van der Waals surface area contributed by atoms with Crippen LogP contribution in [0.3, 0.4) is 0 Å². The van der Waals surface area contributed by atoms with Gasteiger partial charge in [0.2, 0.25) is 5.91 Å². The number of hydrogen-bond acceptors (Lipinski definition) is 6. The van der Waals surface area contributed by atoms with Gasteiger partial charge in [-0.15, -0.1) is 11.8 Å². The number of halogens is 1. The Bertz CT molecular complexity index is 1420. The van der Waals surface area contributed by atoms with Crippen LogP contribution in [-0.4, -0.2) is 47.6 Å². The summed E-state index contributed by atoms with van der Waals surface area (Å²) in [5.74, 6) is 0.0237. The molecule has 8 nitrogen and oxygen atoms in total. The Labute approximate surface area is 204 Å². The minimum Gasteiger partial charge on any atom is -0.444 e. The molecule has 2 N–H and O–H groups in total. The van der Waals surface area contributed by atoms with Crippen molar-refractivity contribution in [1.82, 2.24) is 9.88 Å². The van der Waals surface area contributed by atoms with E-state index in [2.05, 4.69) is 10.6 Å². The number of rotatable bonds is 5. The molecule has 2 atom stereocenters. The van der Waals surface area contributed by atoms with E-state index in [4.69, 9.17) is 4.74 Å². The van der Waals surface area contributed by atoms with E-state index in [1.807, 2.05) is 12.1 Å². The van der Waals surface area contributed by atoms with Gasteiger partial charge in [-0.1, -0.05) is 0 Å². The summed E-state index contributed by atoms with van der Waals surface area (Å²) in [6.07, 6.45) is 0.354. The molecule has 0 unspecified atom stereocenters. The van der Waals surface area contributed by atoms with Crippen LogP contribution in [0.1, 0.15) is 12.0 Å². The summed E-state index contributed by atoms with van der Waals surface area (Å²) in [6.45, 7) is 1.42. The van der Waals surface area contributed by atoms with E-state index < -0.39 is 6.09 Å². The van der Waals surface area contributed by atoms with Crippen LogP contribution in [0.4, 0.5) is 20.6 Å². The van der Waals surface area contributed by atoms with Gasteiger partial charge in [0.1, 0.15) is 11.9 Å². The standard InChI is InChI=1S/C25H23FN4O4S/c26-19-4-1-14-2-6-23(32)30-11-15(9-18(19)24(14)30)27-8-7-17-12-29(25(33)34-17)16-3-5-21-20(10-16)28-22(31)13-35-21/h1-6,10,15,17,27H,7-9,11-13H2,(H,28,31)/t15-,17-/m0/s1. The van der Waals surface area contributed by atoms with Crippen LogP contribution in [0.5, 0.6) is 0 Å². The maximum atomic E-state index is 14.6. The molecule has 6 rings (SSSR count). The highest BCUT2D eigenvalue weighted by atomic mass is 32.2. The molecule has 0 radical (unpaired) electrons. The predicted molar refractivity (Wildman–Crippen MR) is 132 cm³/mol. The number of pyridine rings is 1. The summed E-state index contributed by atoms with van der Waals surface area (Å²) in [6, 6.07) is 11.9. The average Bonchev–Trinajstić information content (AvgIpc) is 3.22. The Morgan fingerprint density at radius 3 is 2.86 bits per heavy atom. The second-order valence-electron chi connectivity index (χ2n) is 9.02. The molecule has 180 valence electrons. The van der Waals surface area contributed by atoms with Crippen molar-refractivity contribution in [3.63, 3.8) is 0 Å². The molecule has 4 heterocycles. The minimum absolute atomic E-state index is 0.0590. The number of anilines is 2. The maximum absolute atomic E-state index is 14.6. The van der Waals surface area contributed by atoms with E-state index in [1.165, 1.54) is 23.9 Å². The average molecular weight is 495 g/mol. The Balaban J connectivity index is 1.09. The van der Waals surface area contributed by atoms with Crippen molar-refractivity contribution in [1.29, 1.82) is 0 Å². The van der Waals surface area contributed by atoms with Crippen molar-refractivity contribution < 1.29 is 18.7 Å². The molecule has 2 aromatic carbocycles. The number of carbonyl (C=O) groups is 2. The lowest BCUT2D eigenvalue weighted by atomic mass is 9.97. The molecule has 2 amide bonds. The Morgan fingerprint density at radius 1 is 1.11 bits per heavy atom. The first kappa shape index (κ1) is 22.1. The highest BCUT2D eigenvalue weighted by molar-refractivity contribution is 8.00. The topological polar surface area (TPSA) is 92.7 Å². The van der Waals surface area contributed by atoms with Gasteiger partial charge in [0.05, 0.1) is 23.5 Å². The number of nitrogens with zero attached hydrogens (tertiary/aromatic N) is 2. The normalized spacial score (nSPS) is 21.1. The van der Waals surface area contributed by atoms with E-state index in [0.29, 0.717) is 60.7 Å². The quantitative estimate of drug-likeness (QED) is 0.566. The van der Waals surface area contributed by atoms with E-state index in [-0.39, 0.29) is 29.4 Å². The lowest BCUT2D eigenvalue weighted by Crippen LogP contribution is -2.42. The highest BCUT2D eigenvalue weighted by Crippen LogP contribution is 2.35. The molecule has 35 heavy (non-hydrogen) atoms. The van der Waals surface area contributed by atoms with Crippen LogP contribution in [0.15, 0.2) is 52.2 Å². The third-order valence-electron chi connectivity index (χ3n) is 6.73. The maximum Gasteiger partial charge on any atom is 0.414 e. The summed E-state index contributed by atoms with van der Waals surface area (Å²) in [4.78, 5) is 39.2. The lowest BCUT2D eigenvalue weighted by Gasteiger charge is -2.28. The SMILES string of the molecule is O=C1CSc2ccc(N3C[C@H](CCN[C@H]4Cc5c(F)ccc6ccc(=O)n(c56)C4)OC3=O)cc2N1. The highest BCUT2D eigenvalue weighted by Gasteiger charge is 2.33. The predicted octanol–water partition coefficient (Wildman–Crippen LogP) is 3.11. The summed E-state index contributed by atoms with van der Waals surface area (Å²) >= 11 is 1.47. The monoisotopic (exact) mass is 494 g/mol. The zero-order chi connectivity index (χ0) is 24.1. The number of benzene rings is 2. The first-order chi connectivity index (χ1) is 17.0. The second kappa shape index (κ2) is 8.69. The zero-order valence-electron chi connectivity index (χ0n) is 18.8. The van der Waals surface area contributed by atoms with E-state index in [9.17, 15) is 18.8 Å². The van der Waals surface area contributed by atoms with E-state index in [1.54, 1.807) is 27.7 Å². The van der Waals surface area contributed by atoms with Gasteiger partial charge in [0.15, 0.2) is 0 Å². The molecule has 0 bridgehead atoms. The fraction of sp³-hybridized carbons (Fsp3) is 0.320. The molecule has 0 saturated carbocycles. The molecule has 10 heteroatoms. The number of hydrogen-bond donors (Lipinski definition) is 2. The number of amides is 2. The third-order valence-corrected chi connectivity index (χ3v) is 7.81. The smallest absolute Gasteiger partial charge is 0.414 e. The molecule has 0 aliphatic carbocycles. The molecular formula is C25H23FN4O4S. The van der Waals surface area contributed by atoms with Crippen molar-refractivity contribution in [2.24, 2.45) is 0 Å². The molecule has 1 saturated heterocycles. The van der Waals surface area contributed by atoms with Gasteiger partial charge in [-0.05, 0) is 61.2 Å². The van der Waals surface area contributed by atoms with Crippen molar-refractivity contribution in [2.45, 2.75) is 36.4 Å². The van der Waals surface area contributed by atoms with Crippen LogP contribution in [0.2, 0.25) is 0 Å².